The van der Waals surface area contributed by atoms with E-state index in [0.29, 0.717) is 10.7 Å². The first-order valence-corrected chi connectivity index (χ1v) is 9.09. The van der Waals surface area contributed by atoms with Crippen LogP contribution in [0.4, 0.5) is 11.4 Å². The maximum absolute atomic E-state index is 11.1. The first-order chi connectivity index (χ1) is 8.42. The van der Waals surface area contributed by atoms with Crippen molar-refractivity contribution in [2.45, 2.75) is 6.42 Å². The molecule has 1 aromatic carbocycles. The Morgan fingerprint density at radius 3 is 2.67 bits per heavy atom. The van der Waals surface area contributed by atoms with E-state index in [9.17, 15) is 8.42 Å². The highest BCUT2D eigenvalue weighted by Gasteiger charge is 2.06. The molecule has 0 radical (unpaired) electrons. The topological polar surface area (TPSA) is 58.2 Å². The molecule has 0 amide bonds. The molecule has 0 bridgehead atoms. The number of anilines is 2. The lowest BCUT2D eigenvalue weighted by Gasteiger charge is -2.10. The van der Waals surface area contributed by atoms with Crippen LogP contribution >= 0.6 is 23.4 Å². The molecule has 0 fully saturated rings. The molecule has 0 saturated carbocycles. The number of sulfonamides is 1. The molecule has 0 spiro atoms. The predicted molar refractivity (Wildman–Crippen MR) is 81.4 cm³/mol. The van der Waals surface area contributed by atoms with Crippen LogP contribution in [-0.2, 0) is 10.0 Å². The summed E-state index contributed by atoms with van der Waals surface area (Å²) in [5.41, 5.74) is 1.29. The van der Waals surface area contributed by atoms with Gasteiger partial charge in [0.05, 0.1) is 17.0 Å². The van der Waals surface area contributed by atoms with E-state index in [0.717, 1.165) is 30.7 Å². The van der Waals surface area contributed by atoms with Crippen LogP contribution in [0.2, 0.25) is 5.02 Å². The summed E-state index contributed by atoms with van der Waals surface area (Å²) < 4.78 is 24.6. The molecular formula is C11H17ClN2O2S2. The van der Waals surface area contributed by atoms with Crippen LogP contribution < -0.4 is 10.0 Å². The van der Waals surface area contributed by atoms with E-state index >= 15 is 0 Å². The summed E-state index contributed by atoms with van der Waals surface area (Å²) in [7, 11) is -3.29. The third-order valence-corrected chi connectivity index (χ3v) is 3.72. The molecule has 0 saturated heterocycles. The average molecular weight is 309 g/mol. The molecule has 2 N–H and O–H groups in total. The van der Waals surface area contributed by atoms with Crippen LogP contribution in [0.15, 0.2) is 18.2 Å². The van der Waals surface area contributed by atoms with Crippen LogP contribution in [-0.4, -0.2) is 33.2 Å². The van der Waals surface area contributed by atoms with Gasteiger partial charge < -0.3 is 5.32 Å². The number of nitrogens with one attached hydrogen (secondary N) is 2. The largest absolute Gasteiger partial charge is 0.385 e. The van der Waals surface area contributed by atoms with Gasteiger partial charge in [0.15, 0.2) is 0 Å². The van der Waals surface area contributed by atoms with Gasteiger partial charge in [0.25, 0.3) is 0 Å². The molecule has 18 heavy (non-hydrogen) atoms. The average Bonchev–Trinajstić information content (AvgIpc) is 2.26. The van der Waals surface area contributed by atoms with Gasteiger partial charge in [0.2, 0.25) is 10.0 Å². The second-order valence-electron chi connectivity index (χ2n) is 3.84. The molecule has 4 nitrogen and oxygen atoms in total. The Balaban J connectivity index is 2.62. The summed E-state index contributed by atoms with van der Waals surface area (Å²) >= 11 is 7.81. The molecule has 0 heterocycles. The minimum atomic E-state index is -3.29. The fraction of sp³-hybridized carbons (Fsp3) is 0.455. The Kier molecular flexibility index (Phi) is 6.11. The monoisotopic (exact) mass is 308 g/mol. The van der Waals surface area contributed by atoms with E-state index in [-0.39, 0.29) is 0 Å². The fourth-order valence-electron chi connectivity index (χ4n) is 1.36. The minimum Gasteiger partial charge on any atom is -0.385 e. The molecule has 7 heteroatoms. The molecular weight excluding hydrogens is 292 g/mol. The van der Waals surface area contributed by atoms with E-state index in [1.807, 2.05) is 0 Å². The zero-order valence-corrected chi connectivity index (χ0v) is 12.8. The highest BCUT2D eigenvalue weighted by molar-refractivity contribution is 7.98. The van der Waals surface area contributed by atoms with Crippen molar-refractivity contribution in [2.24, 2.45) is 0 Å². The van der Waals surface area contributed by atoms with Crippen LogP contribution in [0, 0.1) is 0 Å². The maximum atomic E-state index is 11.1. The molecule has 0 unspecified atom stereocenters. The normalized spacial score (nSPS) is 11.3. The van der Waals surface area contributed by atoms with Crippen molar-refractivity contribution >= 4 is 44.8 Å². The number of thioether (sulfide) groups is 1. The smallest absolute Gasteiger partial charge is 0.229 e. The summed E-state index contributed by atoms with van der Waals surface area (Å²) in [5, 5.41) is 3.62. The number of hydrogen-bond donors (Lipinski definition) is 2. The highest BCUT2D eigenvalue weighted by Crippen LogP contribution is 2.26. The van der Waals surface area contributed by atoms with Crippen LogP contribution in [0.1, 0.15) is 6.42 Å². The molecule has 0 aliphatic rings. The first-order valence-electron chi connectivity index (χ1n) is 5.42. The molecule has 0 aliphatic carbocycles. The molecule has 1 aromatic rings. The minimum absolute atomic E-state index is 0.385. The third kappa shape index (κ3) is 5.84. The SMILES string of the molecule is CSCCCNc1ccc(NS(C)(=O)=O)c(Cl)c1. The van der Waals surface area contributed by atoms with Crippen molar-refractivity contribution in [3.05, 3.63) is 23.2 Å². The summed E-state index contributed by atoms with van der Waals surface area (Å²) in [5.74, 6) is 1.11. The van der Waals surface area contributed by atoms with Gasteiger partial charge in [-0.05, 0) is 36.6 Å². The third-order valence-electron chi connectivity index (χ3n) is 2.12. The number of hydrogen-bond acceptors (Lipinski definition) is 4. The Labute approximate surface area is 118 Å². The molecule has 1 rings (SSSR count). The van der Waals surface area contributed by atoms with Crippen molar-refractivity contribution in [2.75, 3.05) is 34.8 Å². The number of rotatable bonds is 7. The lowest BCUT2D eigenvalue weighted by Crippen LogP contribution is -2.10. The van der Waals surface area contributed by atoms with Gasteiger partial charge in [-0.25, -0.2) is 8.42 Å². The molecule has 0 atom stereocenters. The van der Waals surface area contributed by atoms with Crippen molar-refractivity contribution in [3.63, 3.8) is 0 Å². The van der Waals surface area contributed by atoms with Gasteiger partial charge in [-0.2, -0.15) is 11.8 Å². The van der Waals surface area contributed by atoms with E-state index in [1.165, 1.54) is 0 Å². The van der Waals surface area contributed by atoms with Crippen LogP contribution in [0.5, 0.6) is 0 Å². The standard InChI is InChI=1S/C11H17ClN2O2S2/c1-17-7-3-6-13-9-4-5-11(10(12)8-9)14-18(2,15)16/h4-5,8,13-14H,3,6-7H2,1-2H3. The Bertz CT molecular complexity index is 492. The first kappa shape index (κ1) is 15.5. The maximum Gasteiger partial charge on any atom is 0.229 e. The molecule has 0 aliphatic heterocycles. The highest BCUT2D eigenvalue weighted by atomic mass is 35.5. The second-order valence-corrected chi connectivity index (χ2v) is 6.98. The number of benzene rings is 1. The van der Waals surface area contributed by atoms with E-state index < -0.39 is 10.0 Å². The predicted octanol–water partition coefficient (Wildman–Crippen LogP) is 2.88. The summed E-state index contributed by atoms with van der Waals surface area (Å²) in [6, 6.07) is 5.17. The van der Waals surface area contributed by atoms with Gasteiger partial charge in [-0.1, -0.05) is 11.6 Å². The summed E-state index contributed by atoms with van der Waals surface area (Å²) in [6.07, 6.45) is 4.24. The fourth-order valence-corrected chi connectivity index (χ4v) is 2.65. The van der Waals surface area contributed by atoms with E-state index in [4.69, 9.17) is 11.6 Å². The number of halogens is 1. The quantitative estimate of drug-likeness (QED) is 0.761. The Hall–Kier alpha value is -0.590. The van der Waals surface area contributed by atoms with Gasteiger partial charge in [-0.3, -0.25) is 4.72 Å². The van der Waals surface area contributed by atoms with Gasteiger partial charge in [-0.15, -0.1) is 0 Å². The Morgan fingerprint density at radius 2 is 2.11 bits per heavy atom. The van der Waals surface area contributed by atoms with Crippen molar-refractivity contribution in [1.29, 1.82) is 0 Å². The van der Waals surface area contributed by atoms with Crippen LogP contribution in [0.25, 0.3) is 0 Å². The van der Waals surface area contributed by atoms with E-state index in [1.54, 1.807) is 30.0 Å². The van der Waals surface area contributed by atoms with Crippen molar-refractivity contribution < 1.29 is 8.42 Å². The van der Waals surface area contributed by atoms with Gasteiger partial charge >= 0.3 is 0 Å². The lowest BCUT2D eigenvalue weighted by molar-refractivity contribution is 0.607. The van der Waals surface area contributed by atoms with Crippen LogP contribution in [0.3, 0.4) is 0 Å². The second kappa shape index (κ2) is 7.11. The van der Waals surface area contributed by atoms with Crippen molar-refractivity contribution in [1.82, 2.24) is 0 Å². The zero-order chi connectivity index (χ0) is 13.6. The van der Waals surface area contributed by atoms with Gasteiger partial charge in [0, 0.05) is 12.2 Å². The summed E-state index contributed by atoms with van der Waals surface area (Å²) in [6.45, 7) is 0.871. The van der Waals surface area contributed by atoms with Gasteiger partial charge in [0.1, 0.15) is 0 Å². The lowest BCUT2D eigenvalue weighted by atomic mass is 10.3. The Morgan fingerprint density at radius 1 is 1.39 bits per heavy atom. The summed E-state index contributed by atoms with van der Waals surface area (Å²) in [4.78, 5) is 0. The zero-order valence-electron chi connectivity index (χ0n) is 10.4. The van der Waals surface area contributed by atoms with E-state index in [2.05, 4.69) is 16.3 Å². The van der Waals surface area contributed by atoms with Crippen molar-refractivity contribution in [3.8, 4) is 0 Å². The molecule has 102 valence electrons. The molecule has 0 aromatic heterocycles.